The zero-order valence-electron chi connectivity index (χ0n) is 26.9. The number of fused-ring (bicyclic) bond motifs is 2. The fourth-order valence-corrected chi connectivity index (χ4v) is 6.72. The molecule has 5 amide bonds. The molecular weight excluding hydrogens is 631 g/mol. The number of rotatable bonds is 11. The molecule has 2 aliphatic heterocycles. The van der Waals surface area contributed by atoms with Gasteiger partial charge in [0.1, 0.15) is 17.8 Å². The number of nitrogens with two attached hydrogens (primary N) is 1. The minimum absolute atomic E-state index is 0.00322. The van der Waals surface area contributed by atoms with Crippen LogP contribution < -0.4 is 16.4 Å². The van der Waals surface area contributed by atoms with Gasteiger partial charge in [0.25, 0.3) is 11.4 Å². The molecule has 15 nitrogen and oxygen atoms in total. The maximum Gasteiger partial charge on any atom is 0.396 e. The number of primary amides is 1. The lowest BCUT2D eigenvalue weighted by atomic mass is 9.98. The van der Waals surface area contributed by atoms with Crippen molar-refractivity contribution in [2.24, 2.45) is 17.6 Å². The first-order valence-corrected chi connectivity index (χ1v) is 17.3. The summed E-state index contributed by atoms with van der Waals surface area (Å²) in [5, 5.41) is 6.06. The molecule has 0 saturated carbocycles. The van der Waals surface area contributed by atoms with E-state index in [1.54, 1.807) is 18.7 Å². The molecule has 256 valence electrons. The molecule has 0 spiro atoms. The number of aromatic amines is 1. The summed E-state index contributed by atoms with van der Waals surface area (Å²) in [6, 6.07) is 2.58. The van der Waals surface area contributed by atoms with Crippen LogP contribution in [0.3, 0.4) is 0 Å². The molecule has 1 aromatic heterocycles. The maximum atomic E-state index is 14.2. The van der Waals surface area contributed by atoms with Gasteiger partial charge in [0, 0.05) is 54.0 Å². The lowest BCUT2D eigenvalue weighted by Gasteiger charge is -2.39. The molecule has 3 heterocycles. The number of aromatic nitrogens is 1. The minimum atomic E-state index is -5.02. The van der Waals surface area contributed by atoms with Crippen molar-refractivity contribution in [1.29, 1.82) is 0 Å². The third kappa shape index (κ3) is 8.27. The number of benzene rings is 1. The van der Waals surface area contributed by atoms with Gasteiger partial charge < -0.3 is 40.9 Å². The normalized spacial score (nSPS) is 20.9. The first-order valence-electron chi connectivity index (χ1n) is 15.7. The summed E-state index contributed by atoms with van der Waals surface area (Å²) in [7, 11) is -5.02. The van der Waals surface area contributed by atoms with E-state index in [9.17, 15) is 43.1 Å². The van der Waals surface area contributed by atoms with E-state index in [1.807, 2.05) is 13.8 Å². The number of carbonyl (C=O) groups is 6. The predicted molar refractivity (Wildman–Crippen MR) is 171 cm³/mol. The van der Waals surface area contributed by atoms with Gasteiger partial charge in [0.2, 0.25) is 23.6 Å². The Morgan fingerprint density at radius 3 is 2.38 bits per heavy atom. The Morgan fingerprint density at radius 1 is 1.06 bits per heavy atom. The zero-order chi connectivity index (χ0) is 34.8. The zero-order valence-corrected chi connectivity index (χ0v) is 27.8. The van der Waals surface area contributed by atoms with E-state index in [2.05, 4.69) is 15.6 Å². The van der Waals surface area contributed by atoms with E-state index in [0.29, 0.717) is 43.1 Å². The first-order chi connectivity index (χ1) is 22.0. The lowest BCUT2D eigenvalue weighted by molar-refractivity contribution is -0.146. The number of nitrogens with zero attached hydrogens (tertiary/aromatic N) is 2. The molecule has 4 rings (SSSR count). The highest BCUT2D eigenvalue weighted by Gasteiger charge is 2.46. The van der Waals surface area contributed by atoms with Gasteiger partial charge in [-0.15, -0.1) is 0 Å². The Morgan fingerprint density at radius 2 is 1.77 bits per heavy atom. The molecule has 47 heavy (non-hydrogen) atoms. The van der Waals surface area contributed by atoms with Gasteiger partial charge in [-0.05, 0) is 55.9 Å². The number of hydrogen-bond acceptors (Lipinski definition) is 7. The topological polar surface area (TPSA) is 232 Å². The molecule has 0 radical (unpaired) electrons. The molecule has 0 aliphatic carbocycles. The van der Waals surface area contributed by atoms with Crippen LogP contribution in [0.15, 0.2) is 24.3 Å². The van der Waals surface area contributed by atoms with Crippen LogP contribution in [-0.4, -0.2) is 96.9 Å². The van der Waals surface area contributed by atoms with Gasteiger partial charge in [0.15, 0.2) is 0 Å². The van der Waals surface area contributed by atoms with Crippen molar-refractivity contribution < 1.29 is 43.1 Å². The Kier molecular flexibility index (Phi) is 10.9. The number of amides is 5. The van der Waals surface area contributed by atoms with Gasteiger partial charge >= 0.3 is 7.60 Å². The van der Waals surface area contributed by atoms with Crippen LogP contribution in [0.5, 0.6) is 0 Å². The van der Waals surface area contributed by atoms with Crippen LogP contribution in [-0.2, 0) is 23.7 Å². The van der Waals surface area contributed by atoms with E-state index < -0.39 is 42.9 Å². The highest BCUT2D eigenvalue weighted by Crippen LogP contribution is 2.39. The Bertz CT molecular complexity index is 1620. The van der Waals surface area contributed by atoms with Gasteiger partial charge in [0.05, 0.1) is 0 Å². The summed E-state index contributed by atoms with van der Waals surface area (Å²) in [4.78, 5) is 102. The molecule has 2 aromatic rings. The molecular formula is C31H43N6O9P. The third-order valence-electron chi connectivity index (χ3n) is 8.81. The van der Waals surface area contributed by atoms with Crippen LogP contribution in [0.25, 0.3) is 10.9 Å². The van der Waals surface area contributed by atoms with Gasteiger partial charge in [-0.25, -0.2) is 0 Å². The monoisotopic (exact) mass is 674 g/mol. The van der Waals surface area contributed by atoms with E-state index in [0.717, 1.165) is 0 Å². The summed E-state index contributed by atoms with van der Waals surface area (Å²) in [5.41, 5.74) is 4.16. The molecule has 1 aromatic carbocycles. The quantitative estimate of drug-likeness (QED) is 0.188. The van der Waals surface area contributed by atoms with Crippen molar-refractivity contribution in [3.63, 3.8) is 0 Å². The van der Waals surface area contributed by atoms with Gasteiger partial charge in [-0.1, -0.05) is 27.7 Å². The number of hydrogen-bond donors (Lipinski definition) is 6. The lowest BCUT2D eigenvalue weighted by Crippen LogP contribution is -2.61. The van der Waals surface area contributed by atoms with Gasteiger partial charge in [-0.3, -0.25) is 33.3 Å². The van der Waals surface area contributed by atoms with Crippen LogP contribution in [0.4, 0.5) is 0 Å². The standard InChI is InChI=1S/C31H43N6O9P/c1-16(2)21(8-10-26(32)38)34-28(40)25-9-6-20-11-12-36(29(41)17(3)4)15-24(30(42)37(20)25)35-27(39)23-14-19-13-18(5-7-22(19)33-23)31(43)47(44,45)46/h5,7,13-14,16-17,20-21,24-25,33H,6,8-12,15H2,1-4H3,(H2,32,38)(H,34,40)(H,35,39)(H2,44,45,46)/t20-,21+,24?,25+/m1/s1. The molecule has 4 atom stereocenters. The number of carbonyl (C=O) groups excluding carboxylic acids is 6. The van der Waals surface area contributed by atoms with Crippen molar-refractivity contribution in [3.05, 3.63) is 35.5 Å². The van der Waals surface area contributed by atoms with Crippen LogP contribution in [0.1, 0.15) is 80.6 Å². The summed E-state index contributed by atoms with van der Waals surface area (Å²) in [5.74, 6) is -2.57. The van der Waals surface area contributed by atoms with E-state index in [4.69, 9.17) is 5.73 Å². The van der Waals surface area contributed by atoms with Crippen molar-refractivity contribution in [2.75, 3.05) is 13.1 Å². The smallest absolute Gasteiger partial charge is 0.370 e. The Hall–Kier alpha value is -4.07. The highest BCUT2D eigenvalue weighted by molar-refractivity contribution is 7.70. The largest absolute Gasteiger partial charge is 0.396 e. The van der Waals surface area contributed by atoms with E-state index in [1.165, 1.54) is 29.2 Å². The van der Waals surface area contributed by atoms with Crippen LogP contribution in [0, 0.1) is 11.8 Å². The predicted octanol–water partition coefficient (Wildman–Crippen LogP) is 1.24. The first kappa shape index (κ1) is 35.8. The molecule has 2 saturated heterocycles. The number of nitrogens with one attached hydrogen (secondary N) is 3. The maximum absolute atomic E-state index is 14.2. The minimum Gasteiger partial charge on any atom is -0.370 e. The fraction of sp³-hybridized carbons (Fsp3) is 0.548. The molecule has 0 bridgehead atoms. The third-order valence-corrected chi connectivity index (χ3v) is 9.60. The molecule has 16 heteroatoms. The summed E-state index contributed by atoms with van der Waals surface area (Å²) in [6.45, 7) is 7.53. The molecule has 2 fully saturated rings. The highest BCUT2D eigenvalue weighted by atomic mass is 31.2. The molecule has 7 N–H and O–H groups in total. The van der Waals surface area contributed by atoms with E-state index >= 15 is 0 Å². The Balaban J connectivity index is 1.60. The second kappa shape index (κ2) is 14.4. The fourth-order valence-electron chi connectivity index (χ4n) is 6.25. The molecule has 2 aliphatic rings. The average Bonchev–Trinajstić information content (AvgIpc) is 3.62. The SMILES string of the molecule is CC(C)C(=O)N1CC[C@H]2CC[C@@H](C(=O)N[C@@H](CCC(N)=O)C(C)C)N2C(=O)C(NC(=O)c2cc3cc(C(=O)P(=O)(O)O)ccc3[nH]2)C1. The van der Waals surface area contributed by atoms with Crippen molar-refractivity contribution in [1.82, 2.24) is 25.4 Å². The van der Waals surface area contributed by atoms with Crippen LogP contribution >= 0.6 is 7.60 Å². The summed E-state index contributed by atoms with van der Waals surface area (Å²) < 4.78 is 11.4. The van der Waals surface area contributed by atoms with E-state index in [-0.39, 0.29) is 60.0 Å². The van der Waals surface area contributed by atoms with Crippen LogP contribution in [0.2, 0.25) is 0 Å². The Labute approximate surface area is 272 Å². The van der Waals surface area contributed by atoms with Crippen molar-refractivity contribution in [2.45, 2.75) is 84.0 Å². The molecule has 1 unspecified atom stereocenters. The summed E-state index contributed by atoms with van der Waals surface area (Å²) in [6.07, 6.45) is 1.83. The summed E-state index contributed by atoms with van der Waals surface area (Å²) >= 11 is 0. The van der Waals surface area contributed by atoms with Crippen molar-refractivity contribution >= 4 is 53.6 Å². The number of H-pyrrole nitrogens is 1. The van der Waals surface area contributed by atoms with Gasteiger partial charge in [-0.2, -0.15) is 0 Å². The average molecular weight is 675 g/mol. The van der Waals surface area contributed by atoms with Crippen molar-refractivity contribution in [3.8, 4) is 0 Å². The second-order valence-electron chi connectivity index (χ2n) is 12.9. The second-order valence-corrected chi connectivity index (χ2v) is 14.4.